The molecule has 0 bridgehead atoms. The number of carbonyl (C=O) groups excluding carboxylic acids is 1. The molecule has 0 saturated heterocycles. The first-order valence-electron chi connectivity index (χ1n) is 6.44. The van der Waals surface area contributed by atoms with Gasteiger partial charge in [-0.15, -0.1) is 11.3 Å². The molecule has 6 heteroatoms. The predicted molar refractivity (Wildman–Crippen MR) is 81.6 cm³/mol. The van der Waals surface area contributed by atoms with E-state index >= 15 is 0 Å². The van der Waals surface area contributed by atoms with Crippen LogP contribution in [0.15, 0.2) is 40.5 Å². The van der Waals surface area contributed by atoms with Gasteiger partial charge in [-0.1, -0.05) is 30.3 Å². The van der Waals surface area contributed by atoms with Crippen molar-refractivity contribution >= 4 is 27.5 Å². The molecule has 0 aliphatic rings. The van der Waals surface area contributed by atoms with Crippen LogP contribution in [0.5, 0.6) is 0 Å². The highest BCUT2D eigenvalue weighted by atomic mass is 32.1. The molecule has 2 heterocycles. The minimum atomic E-state index is -0.619. The fourth-order valence-electron chi connectivity index (χ4n) is 2.08. The molecule has 0 spiro atoms. The number of hydrogen-bond acceptors (Lipinski definition) is 5. The van der Waals surface area contributed by atoms with E-state index < -0.39 is 5.97 Å². The van der Waals surface area contributed by atoms with Gasteiger partial charge in [-0.3, -0.25) is 4.79 Å². The molecule has 106 valence electrons. The summed E-state index contributed by atoms with van der Waals surface area (Å²) < 4.78 is 4.86. The second-order valence-corrected chi connectivity index (χ2v) is 5.19. The van der Waals surface area contributed by atoms with E-state index in [4.69, 9.17) is 4.74 Å². The lowest BCUT2D eigenvalue weighted by atomic mass is 10.1. The Morgan fingerprint density at radius 1 is 1.33 bits per heavy atom. The van der Waals surface area contributed by atoms with Crippen molar-refractivity contribution in [3.8, 4) is 11.1 Å². The summed E-state index contributed by atoms with van der Waals surface area (Å²) >= 11 is 1.33. The standard InChI is InChI=1S/C15H12N2O3S/c1-2-20-15(19)12-16-13(18)11-10(8-21-14(11)17-12)9-6-4-3-5-7-9/h3-8H,2H2,1H3,(H,16,17,18). The summed E-state index contributed by atoms with van der Waals surface area (Å²) in [6.07, 6.45) is 0. The van der Waals surface area contributed by atoms with E-state index in [1.807, 2.05) is 35.7 Å². The highest BCUT2D eigenvalue weighted by molar-refractivity contribution is 7.17. The van der Waals surface area contributed by atoms with Crippen molar-refractivity contribution in [3.05, 3.63) is 51.9 Å². The number of esters is 1. The Balaban J connectivity index is 2.16. The van der Waals surface area contributed by atoms with E-state index in [2.05, 4.69) is 9.97 Å². The van der Waals surface area contributed by atoms with Crippen LogP contribution in [0.1, 0.15) is 17.5 Å². The number of benzene rings is 1. The summed E-state index contributed by atoms with van der Waals surface area (Å²) in [5, 5.41) is 2.37. The number of rotatable bonds is 3. The molecule has 3 rings (SSSR count). The Kier molecular flexibility index (Phi) is 3.53. The SMILES string of the molecule is CCOC(=O)c1nc2scc(-c3ccccc3)c2c(=O)[nH]1. The van der Waals surface area contributed by atoms with Gasteiger partial charge >= 0.3 is 5.97 Å². The highest BCUT2D eigenvalue weighted by Gasteiger charge is 2.16. The summed E-state index contributed by atoms with van der Waals surface area (Å²) in [5.41, 5.74) is 1.43. The second kappa shape index (κ2) is 5.49. The largest absolute Gasteiger partial charge is 0.460 e. The molecule has 0 fully saturated rings. The van der Waals surface area contributed by atoms with Crippen molar-refractivity contribution in [2.75, 3.05) is 6.61 Å². The minimum Gasteiger partial charge on any atom is -0.460 e. The molecule has 0 amide bonds. The number of aromatic amines is 1. The number of hydrogen-bond donors (Lipinski definition) is 1. The Morgan fingerprint density at radius 2 is 2.10 bits per heavy atom. The Bertz CT molecular complexity index is 852. The van der Waals surface area contributed by atoms with Crippen molar-refractivity contribution in [2.45, 2.75) is 6.92 Å². The number of aromatic nitrogens is 2. The molecule has 0 radical (unpaired) electrons. The van der Waals surface area contributed by atoms with Crippen molar-refractivity contribution in [1.82, 2.24) is 9.97 Å². The first kappa shape index (κ1) is 13.5. The molecule has 21 heavy (non-hydrogen) atoms. The molecule has 0 aliphatic carbocycles. The minimum absolute atomic E-state index is 0.0594. The van der Waals surface area contributed by atoms with Gasteiger partial charge in [-0.2, -0.15) is 0 Å². The fraction of sp³-hybridized carbons (Fsp3) is 0.133. The lowest BCUT2D eigenvalue weighted by Crippen LogP contribution is -2.17. The van der Waals surface area contributed by atoms with Gasteiger partial charge in [-0.25, -0.2) is 9.78 Å². The van der Waals surface area contributed by atoms with Gasteiger partial charge in [0.2, 0.25) is 5.82 Å². The maximum atomic E-state index is 12.3. The second-order valence-electron chi connectivity index (χ2n) is 4.33. The zero-order chi connectivity index (χ0) is 14.8. The normalized spacial score (nSPS) is 10.7. The van der Waals surface area contributed by atoms with E-state index in [9.17, 15) is 9.59 Å². The van der Waals surface area contributed by atoms with Gasteiger partial charge in [0.1, 0.15) is 4.83 Å². The first-order valence-corrected chi connectivity index (χ1v) is 7.32. The van der Waals surface area contributed by atoms with E-state index in [0.29, 0.717) is 10.2 Å². The average molecular weight is 300 g/mol. The number of nitrogens with zero attached hydrogens (tertiary/aromatic N) is 1. The summed E-state index contributed by atoms with van der Waals surface area (Å²) in [6, 6.07) is 9.60. The third kappa shape index (κ3) is 2.45. The Hall–Kier alpha value is -2.47. The van der Waals surface area contributed by atoms with Crippen LogP contribution < -0.4 is 5.56 Å². The lowest BCUT2D eigenvalue weighted by Gasteiger charge is -2.02. The molecular weight excluding hydrogens is 288 g/mol. The first-order chi connectivity index (χ1) is 10.2. The molecule has 0 aliphatic heterocycles. The van der Waals surface area contributed by atoms with Crippen LogP contribution in [0.25, 0.3) is 21.3 Å². The molecule has 3 aromatic rings. The van der Waals surface area contributed by atoms with Crippen molar-refractivity contribution in [1.29, 1.82) is 0 Å². The maximum Gasteiger partial charge on any atom is 0.374 e. The quantitative estimate of drug-likeness (QED) is 0.755. The number of nitrogens with one attached hydrogen (secondary N) is 1. The van der Waals surface area contributed by atoms with Crippen molar-refractivity contribution in [2.24, 2.45) is 0 Å². The van der Waals surface area contributed by atoms with Crippen LogP contribution in [0, 0.1) is 0 Å². The summed E-state index contributed by atoms with van der Waals surface area (Å²) in [4.78, 5) is 31.1. The third-order valence-corrected chi connectivity index (χ3v) is 3.87. The smallest absolute Gasteiger partial charge is 0.374 e. The zero-order valence-electron chi connectivity index (χ0n) is 11.3. The molecule has 0 atom stereocenters. The van der Waals surface area contributed by atoms with Crippen LogP contribution >= 0.6 is 11.3 Å². The molecule has 1 aromatic carbocycles. The molecule has 0 unspecified atom stereocenters. The lowest BCUT2D eigenvalue weighted by molar-refractivity contribution is 0.0512. The van der Waals surface area contributed by atoms with Gasteiger partial charge < -0.3 is 9.72 Å². The van der Waals surface area contributed by atoms with Gasteiger partial charge in [0.05, 0.1) is 12.0 Å². The van der Waals surface area contributed by atoms with Crippen LogP contribution in [0.4, 0.5) is 0 Å². The van der Waals surface area contributed by atoms with Gasteiger partial charge in [-0.05, 0) is 12.5 Å². The van der Waals surface area contributed by atoms with E-state index in [-0.39, 0.29) is 18.0 Å². The number of H-pyrrole nitrogens is 1. The van der Waals surface area contributed by atoms with Crippen molar-refractivity contribution in [3.63, 3.8) is 0 Å². The zero-order valence-corrected chi connectivity index (χ0v) is 12.1. The van der Waals surface area contributed by atoms with Crippen molar-refractivity contribution < 1.29 is 9.53 Å². The highest BCUT2D eigenvalue weighted by Crippen LogP contribution is 2.30. The molecule has 5 nitrogen and oxygen atoms in total. The average Bonchev–Trinajstić information content (AvgIpc) is 2.93. The topological polar surface area (TPSA) is 72.0 Å². The Labute approximate surface area is 124 Å². The van der Waals surface area contributed by atoms with Crippen LogP contribution in [-0.2, 0) is 4.74 Å². The monoisotopic (exact) mass is 300 g/mol. The van der Waals surface area contributed by atoms with E-state index in [1.165, 1.54) is 11.3 Å². The summed E-state index contributed by atoms with van der Waals surface area (Å²) in [7, 11) is 0. The van der Waals surface area contributed by atoms with Gasteiger partial charge in [0.25, 0.3) is 5.56 Å². The van der Waals surface area contributed by atoms with Gasteiger partial charge in [0, 0.05) is 10.9 Å². The van der Waals surface area contributed by atoms with Crippen LogP contribution in [-0.4, -0.2) is 22.5 Å². The fourth-order valence-corrected chi connectivity index (χ4v) is 3.02. The van der Waals surface area contributed by atoms with E-state index in [1.54, 1.807) is 6.92 Å². The van der Waals surface area contributed by atoms with E-state index in [0.717, 1.165) is 11.1 Å². The number of ether oxygens (including phenoxy) is 1. The summed E-state index contributed by atoms with van der Waals surface area (Å²) in [6.45, 7) is 1.94. The predicted octanol–water partition coefficient (Wildman–Crippen LogP) is 2.83. The number of carbonyl (C=O) groups is 1. The summed E-state index contributed by atoms with van der Waals surface area (Å²) in [5.74, 6) is -0.679. The third-order valence-electron chi connectivity index (χ3n) is 3.00. The molecule has 2 aromatic heterocycles. The van der Waals surface area contributed by atoms with Gasteiger partial charge in [0.15, 0.2) is 0 Å². The Morgan fingerprint density at radius 3 is 2.81 bits per heavy atom. The number of fused-ring (bicyclic) bond motifs is 1. The molecular formula is C15H12N2O3S. The van der Waals surface area contributed by atoms with Crippen LogP contribution in [0.2, 0.25) is 0 Å². The molecule has 0 saturated carbocycles. The maximum absolute atomic E-state index is 12.3. The molecule has 1 N–H and O–H groups in total. The number of thiophene rings is 1. The van der Waals surface area contributed by atoms with Crippen LogP contribution in [0.3, 0.4) is 0 Å².